The Labute approximate surface area is 185 Å². The van der Waals surface area contributed by atoms with Crippen molar-refractivity contribution < 1.29 is 29.6 Å². The molecule has 0 amide bonds. The van der Waals surface area contributed by atoms with Crippen molar-refractivity contribution >= 4 is 21.9 Å². The third-order valence-corrected chi connectivity index (χ3v) is 6.30. The number of ether oxygens (including phenoxy) is 1. The van der Waals surface area contributed by atoms with E-state index in [4.69, 9.17) is 9.15 Å². The zero-order chi connectivity index (χ0) is 23.5. The first-order valence-electron chi connectivity index (χ1n) is 10.5. The summed E-state index contributed by atoms with van der Waals surface area (Å²) in [4.78, 5) is 13.6. The molecule has 3 aromatic rings. The number of hydrogen-bond donors (Lipinski definition) is 4. The summed E-state index contributed by atoms with van der Waals surface area (Å²) in [6, 6.07) is 4.59. The number of phenols is 1. The molecule has 1 aromatic heterocycles. The lowest BCUT2D eigenvalue weighted by Gasteiger charge is -2.32. The van der Waals surface area contributed by atoms with E-state index in [1.807, 2.05) is 0 Å². The Morgan fingerprint density at radius 3 is 2.62 bits per heavy atom. The maximum atomic E-state index is 13.6. The van der Waals surface area contributed by atoms with Crippen molar-refractivity contribution in [3.05, 3.63) is 57.3 Å². The summed E-state index contributed by atoms with van der Waals surface area (Å²) >= 11 is 0. The van der Waals surface area contributed by atoms with Crippen LogP contribution in [0.25, 0.3) is 21.9 Å². The van der Waals surface area contributed by atoms with Gasteiger partial charge in [-0.15, -0.1) is 0 Å². The SMILES string of the molecule is C=C(C)[C@@H]1COc2c(C)cc3oc4c(C[C@H](O)C(C)(C)O)ccc(O)c4c(=O)c3c2[C@@H]1O. The highest BCUT2D eigenvalue weighted by Gasteiger charge is 2.35. The molecule has 1 aliphatic rings. The highest BCUT2D eigenvalue weighted by Crippen LogP contribution is 2.44. The molecular weight excluding hydrogens is 412 g/mol. The third kappa shape index (κ3) is 3.46. The molecule has 4 N–H and O–H groups in total. The number of hydrogen-bond acceptors (Lipinski definition) is 7. The van der Waals surface area contributed by atoms with Gasteiger partial charge in [-0.05, 0) is 51.0 Å². The molecule has 2 aromatic carbocycles. The first kappa shape index (κ1) is 22.3. The van der Waals surface area contributed by atoms with E-state index in [9.17, 15) is 25.2 Å². The van der Waals surface area contributed by atoms with E-state index in [0.717, 1.165) is 5.57 Å². The van der Waals surface area contributed by atoms with Crippen LogP contribution in [0.4, 0.5) is 0 Å². The summed E-state index contributed by atoms with van der Waals surface area (Å²) in [5.74, 6) is -0.221. The van der Waals surface area contributed by atoms with Gasteiger partial charge in [0.1, 0.15) is 28.1 Å². The van der Waals surface area contributed by atoms with Crippen LogP contribution in [0.1, 0.15) is 43.6 Å². The summed E-state index contributed by atoms with van der Waals surface area (Å²) in [5.41, 5.74) is 0.743. The smallest absolute Gasteiger partial charge is 0.204 e. The van der Waals surface area contributed by atoms with E-state index in [1.165, 1.54) is 19.9 Å². The standard InChI is InChI=1S/C25H28O7/c1-11(2)14-10-31-23-12(3)8-16-19(20(23)21(14)28)22(29)18-15(26)7-6-13(24(18)32-16)9-17(27)25(4,5)30/h6-8,14,17,21,26-28,30H,1,9-10H2,2-5H3/t14-,17-,21+/m0/s1. The Morgan fingerprint density at radius 2 is 2.00 bits per heavy atom. The second-order valence-electron chi connectivity index (χ2n) is 9.27. The summed E-state index contributed by atoms with van der Waals surface area (Å²) in [6.07, 6.45) is -2.11. The summed E-state index contributed by atoms with van der Waals surface area (Å²) in [6.45, 7) is 10.7. The van der Waals surface area contributed by atoms with Gasteiger partial charge in [-0.1, -0.05) is 18.2 Å². The van der Waals surface area contributed by atoms with E-state index in [0.29, 0.717) is 22.4 Å². The van der Waals surface area contributed by atoms with Crippen molar-refractivity contribution in [3.8, 4) is 11.5 Å². The van der Waals surface area contributed by atoms with Gasteiger partial charge in [0.15, 0.2) is 0 Å². The van der Waals surface area contributed by atoms with Crippen LogP contribution >= 0.6 is 0 Å². The fraction of sp³-hybridized carbons (Fsp3) is 0.400. The van der Waals surface area contributed by atoms with Crippen molar-refractivity contribution in [3.63, 3.8) is 0 Å². The number of aliphatic hydroxyl groups excluding tert-OH is 2. The van der Waals surface area contributed by atoms with E-state index < -0.39 is 23.2 Å². The Morgan fingerprint density at radius 1 is 1.31 bits per heavy atom. The monoisotopic (exact) mass is 440 g/mol. The first-order chi connectivity index (χ1) is 14.9. The first-order valence-corrected chi connectivity index (χ1v) is 10.5. The minimum Gasteiger partial charge on any atom is -0.507 e. The lowest BCUT2D eigenvalue weighted by atomic mass is 9.85. The molecule has 4 rings (SSSR count). The lowest BCUT2D eigenvalue weighted by Crippen LogP contribution is -2.37. The molecule has 7 heteroatoms. The topological polar surface area (TPSA) is 120 Å². The van der Waals surface area contributed by atoms with Gasteiger partial charge < -0.3 is 29.6 Å². The third-order valence-electron chi connectivity index (χ3n) is 6.30. The molecule has 32 heavy (non-hydrogen) atoms. The van der Waals surface area contributed by atoms with Gasteiger partial charge in [-0.2, -0.15) is 0 Å². The predicted molar refractivity (Wildman–Crippen MR) is 121 cm³/mol. The second-order valence-corrected chi connectivity index (χ2v) is 9.27. The lowest BCUT2D eigenvalue weighted by molar-refractivity contribution is -0.0468. The van der Waals surface area contributed by atoms with Crippen molar-refractivity contribution in [2.24, 2.45) is 5.92 Å². The Hall–Kier alpha value is -2.87. The Kier molecular flexibility index (Phi) is 5.32. The van der Waals surface area contributed by atoms with Gasteiger partial charge in [-0.25, -0.2) is 0 Å². The van der Waals surface area contributed by atoms with E-state index in [-0.39, 0.29) is 46.6 Å². The van der Waals surface area contributed by atoms with Crippen LogP contribution in [-0.4, -0.2) is 38.7 Å². The van der Waals surface area contributed by atoms with Crippen molar-refractivity contribution in [2.45, 2.75) is 51.9 Å². The van der Waals surface area contributed by atoms with Crippen LogP contribution in [0.5, 0.6) is 11.5 Å². The quantitative estimate of drug-likeness (QED) is 0.363. The molecule has 3 atom stereocenters. The predicted octanol–water partition coefficient (Wildman–Crippen LogP) is 3.25. The van der Waals surface area contributed by atoms with Crippen LogP contribution in [0, 0.1) is 12.8 Å². The fourth-order valence-electron chi connectivity index (χ4n) is 4.26. The number of aryl methyl sites for hydroxylation is 1. The maximum absolute atomic E-state index is 13.6. The average molecular weight is 440 g/mol. The maximum Gasteiger partial charge on any atom is 0.204 e. The zero-order valence-corrected chi connectivity index (χ0v) is 18.6. The van der Waals surface area contributed by atoms with Gasteiger partial charge in [-0.3, -0.25) is 4.79 Å². The Bertz CT molecular complexity index is 1300. The molecule has 1 aliphatic heterocycles. The van der Waals surface area contributed by atoms with Gasteiger partial charge in [0.25, 0.3) is 0 Å². The summed E-state index contributed by atoms with van der Waals surface area (Å²) in [7, 11) is 0. The molecular formula is C25H28O7. The van der Waals surface area contributed by atoms with E-state index in [1.54, 1.807) is 26.0 Å². The number of aromatic hydroxyl groups is 1. The highest BCUT2D eigenvalue weighted by molar-refractivity contribution is 5.97. The van der Waals surface area contributed by atoms with E-state index >= 15 is 0 Å². The van der Waals surface area contributed by atoms with Gasteiger partial charge in [0, 0.05) is 17.9 Å². The number of phenolic OH excluding ortho intramolecular Hbond substituents is 1. The normalized spacial score (nSPS) is 19.6. The van der Waals surface area contributed by atoms with Crippen LogP contribution in [-0.2, 0) is 6.42 Å². The van der Waals surface area contributed by atoms with Crippen LogP contribution in [0.3, 0.4) is 0 Å². The number of aliphatic hydroxyl groups is 3. The van der Waals surface area contributed by atoms with E-state index in [2.05, 4.69) is 6.58 Å². The molecule has 7 nitrogen and oxygen atoms in total. The molecule has 0 unspecified atom stereocenters. The van der Waals surface area contributed by atoms with Crippen LogP contribution in [0.15, 0.2) is 39.6 Å². The van der Waals surface area contributed by atoms with Crippen molar-refractivity contribution in [2.75, 3.05) is 6.61 Å². The molecule has 0 radical (unpaired) electrons. The summed E-state index contributed by atoms with van der Waals surface area (Å²) < 4.78 is 12.0. The Balaban J connectivity index is 2.05. The number of benzene rings is 2. The second kappa shape index (κ2) is 7.62. The van der Waals surface area contributed by atoms with Gasteiger partial charge in [0.05, 0.1) is 29.8 Å². The molecule has 0 saturated carbocycles. The van der Waals surface area contributed by atoms with Crippen molar-refractivity contribution in [1.82, 2.24) is 0 Å². The molecule has 2 heterocycles. The number of rotatable bonds is 4. The van der Waals surface area contributed by atoms with Crippen LogP contribution < -0.4 is 10.2 Å². The zero-order valence-electron chi connectivity index (χ0n) is 18.6. The minimum absolute atomic E-state index is 0.0160. The van der Waals surface area contributed by atoms with Gasteiger partial charge in [0.2, 0.25) is 5.43 Å². The summed E-state index contributed by atoms with van der Waals surface area (Å²) in [5, 5.41) is 42.2. The fourth-order valence-corrected chi connectivity index (χ4v) is 4.26. The molecule has 0 aliphatic carbocycles. The highest BCUT2D eigenvalue weighted by atomic mass is 16.5. The molecule has 0 saturated heterocycles. The minimum atomic E-state index is -1.37. The molecule has 0 spiro atoms. The number of fused-ring (bicyclic) bond motifs is 4. The molecule has 0 fully saturated rings. The van der Waals surface area contributed by atoms with Crippen molar-refractivity contribution in [1.29, 1.82) is 0 Å². The largest absolute Gasteiger partial charge is 0.507 e. The molecule has 170 valence electrons. The average Bonchev–Trinajstić information content (AvgIpc) is 2.69. The molecule has 0 bridgehead atoms. The van der Waals surface area contributed by atoms with Crippen LogP contribution in [0.2, 0.25) is 0 Å². The van der Waals surface area contributed by atoms with Gasteiger partial charge >= 0.3 is 0 Å².